The number of hydrogen-bond acceptors (Lipinski definition) is 2. The molecule has 25 heavy (non-hydrogen) atoms. The van der Waals surface area contributed by atoms with E-state index in [2.05, 4.69) is 40.3 Å². The van der Waals surface area contributed by atoms with Gasteiger partial charge in [0, 0.05) is 12.6 Å². The minimum absolute atomic E-state index is 0.0299. The number of nitrogens with zero attached hydrogens (tertiary/aromatic N) is 1. The molecule has 3 rings (SSSR count). The van der Waals surface area contributed by atoms with Gasteiger partial charge in [-0.3, -0.25) is 9.69 Å². The third-order valence-electron chi connectivity index (χ3n) is 5.58. The van der Waals surface area contributed by atoms with Crippen molar-refractivity contribution in [1.29, 1.82) is 0 Å². The molecule has 1 aliphatic heterocycles. The Kier molecular flexibility index (Phi) is 6.45. The molecule has 1 atom stereocenters. The Morgan fingerprint density at radius 2 is 2.16 bits per heavy atom. The van der Waals surface area contributed by atoms with Crippen molar-refractivity contribution in [1.82, 2.24) is 5.32 Å². The van der Waals surface area contributed by atoms with E-state index in [4.69, 9.17) is 0 Å². The van der Waals surface area contributed by atoms with E-state index < -0.39 is 0 Å². The van der Waals surface area contributed by atoms with Crippen molar-refractivity contribution < 1.29 is 14.7 Å². The van der Waals surface area contributed by atoms with Crippen molar-refractivity contribution in [2.24, 2.45) is 0 Å². The van der Waals surface area contributed by atoms with E-state index in [1.54, 1.807) is 0 Å². The fourth-order valence-corrected chi connectivity index (χ4v) is 3.86. The highest BCUT2D eigenvalue weighted by atomic mass is 16.2. The second kappa shape index (κ2) is 8.99. The molecule has 1 amide bonds. The highest BCUT2D eigenvalue weighted by Crippen LogP contribution is 2.19. The Bertz CT molecular complexity index is 579. The molecule has 2 heterocycles. The van der Waals surface area contributed by atoms with Crippen molar-refractivity contribution in [3.05, 3.63) is 36.0 Å². The summed E-state index contributed by atoms with van der Waals surface area (Å²) in [5.41, 5.74) is 1.53. The van der Waals surface area contributed by atoms with Crippen molar-refractivity contribution in [3.8, 4) is 0 Å². The molecule has 1 aliphatic carbocycles. The molecule has 0 saturated carbocycles. The van der Waals surface area contributed by atoms with E-state index >= 15 is 0 Å². The van der Waals surface area contributed by atoms with Gasteiger partial charge >= 0.3 is 0 Å². The molecule has 0 unspecified atom stereocenters. The van der Waals surface area contributed by atoms with Crippen LogP contribution < -0.4 is 20.1 Å². The van der Waals surface area contributed by atoms with Gasteiger partial charge in [-0.2, -0.15) is 0 Å². The van der Waals surface area contributed by atoms with Crippen LogP contribution in [0.5, 0.6) is 0 Å². The first-order valence-electron chi connectivity index (χ1n) is 9.76. The molecule has 0 bridgehead atoms. The van der Waals surface area contributed by atoms with E-state index in [1.807, 2.05) is 12.3 Å². The zero-order valence-electron chi connectivity index (χ0n) is 15.4. The molecule has 5 nitrogen and oxygen atoms in total. The number of H-pyrrole nitrogens is 1. The van der Waals surface area contributed by atoms with E-state index in [9.17, 15) is 4.79 Å². The smallest absolute Gasteiger partial charge is 0.278 e. The summed E-state index contributed by atoms with van der Waals surface area (Å²) in [4.78, 5) is 19.5. The van der Waals surface area contributed by atoms with Gasteiger partial charge < -0.3 is 10.2 Å². The van der Waals surface area contributed by atoms with Crippen LogP contribution in [0.3, 0.4) is 0 Å². The van der Waals surface area contributed by atoms with Gasteiger partial charge in [0.15, 0.2) is 6.04 Å². The predicted molar refractivity (Wildman–Crippen MR) is 99.5 cm³/mol. The van der Waals surface area contributed by atoms with E-state index in [-0.39, 0.29) is 11.9 Å². The summed E-state index contributed by atoms with van der Waals surface area (Å²) in [5, 5.41) is 3.15. The fraction of sp³-hybridized carbons (Fsp3) is 0.600. The summed E-state index contributed by atoms with van der Waals surface area (Å²) in [5.74, 6) is 1.37. The highest BCUT2D eigenvalue weighted by Gasteiger charge is 2.32. The van der Waals surface area contributed by atoms with Gasteiger partial charge in [-0.05, 0) is 45.1 Å². The number of pyridine rings is 1. The number of carbonyl (C=O) groups excluding carboxylic acids is 1. The molecule has 5 heteroatoms. The number of anilines is 1. The number of aromatic amines is 1. The van der Waals surface area contributed by atoms with Gasteiger partial charge in [0.05, 0.1) is 6.20 Å². The van der Waals surface area contributed by atoms with E-state index in [1.165, 1.54) is 42.0 Å². The zero-order chi connectivity index (χ0) is 17.5. The van der Waals surface area contributed by atoms with Gasteiger partial charge in [-0.1, -0.05) is 17.7 Å². The second-order valence-corrected chi connectivity index (χ2v) is 7.26. The topological polar surface area (TPSA) is 50.9 Å². The number of amides is 1. The van der Waals surface area contributed by atoms with E-state index in [0.717, 1.165) is 39.1 Å². The average molecular weight is 345 g/mol. The third kappa shape index (κ3) is 5.05. The van der Waals surface area contributed by atoms with Crippen LogP contribution in [0.2, 0.25) is 0 Å². The first-order valence-corrected chi connectivity index (χ1v) is 9.76. The lowest BCUT2D eigenvalue weighted by Crippen LogP contribution is -3.19. The monoisotopic (exact) mass is 344 g/mol. The Morgan fingerprint density at radius 3 is 2.84 bits per heavy atom. The molecule has 0 aromatic carbocycles. The van der Waals surface area contributed by atoms with Gasteiger partial charge in [-0.25, -0.2) is 4.98 Å². The number of aromatic nitrogens is 1. The summed E-state index contributed by atoms with van der Waals surface area (Å²) < 4.78 is 0. The van der Waals surface area contributed by atoms with Crippen LogP contribution in [0.15, 0.2) is 36.0 Å². The van der Waals surface area contributed by atoms with Crippen LogP contribution in [-0.4, -0.2) is 44.7 Å². The lowest BCUT2D eigenvalue weighted by molar-refractivity contribution is -0.914. The number of allylic oxidation sites excluding steroid dienone is 1. The molecule has 1 fully saturated rings. The Hall–Kier alpha value is -1.88. The first kappa shape index (κ1) is 17.9. The number of piperazine rings is 1. The maximum Gasteiger partial charge on any atom is 0.278 e. The van der Waals surface area contributed by atoms with Crippen molar-refractivity contribution in [3.63, 3.8) is 0 Å². The highest BCUT2D eigenvalue weighted by molar-refractivity contribution is 5.79. The van der Waals surface area contributed by atoms with E-state index in [0.29, 0.717) is 0 Å². The maximum absolute atomic E-state index is 12.5. The maximum atomic E-state index is 12.5. The zero-order valence-corrected chi connectivity index (χ0v) is 15.4. The Balaban J connectivity index is 1.40. The molecule has 2 aliphatic rings. The molecule has 1 saturated heterocycles. The summed E-state index contributed by atoms with van der Waals surface area (Å²) in [7, 11) is 0. The lowest BCUT2D eigenvalue weighted by Gasteiger charge is -2.31. The van der Waals surface area contributed by atoms with Gasteiger partial charge in [0.25, 0.3) is 11.7 Å². The minimum atomic E-state index is 0.0299. The number of nitrogens with one attached hydrogen (secondary N) is 3. The van der Waals surface area contributed by atoms with Crippen molar-refractivity contribution in [2.75, 3.05) is 37.6 Å². The molecule has 1 aromatic heterocycles. The van der Waals surface area contributed by atoms with Gasteiger partial charge in [-0.15, -0.1) is 0 Å². The second-order valence-electron chi connectivity index (χ2n) is 7.26. The van der Waals surface area contributed by atoms with Crippen LogP contribution in [-0.2, 0) is 4.79 Å². The quantitative estimate of drug-likeness (QED) is 0.743. The molecule has 3 N–H and O–H groups in total. The number of hydrogen-bond donors (Lipinski definition) is 2. The SMILES string of the molecule is C[C@H](C(=O)NCCC1=CCCCC1)[NH+]1CCN(c2cccc[nH+]2)CC1. The summed E-state index contributed by atoms with van der Waals surface area (Å²) >= 11 is 0. The average Bonchev–Trinajstić information content (AvgIpc) is 2.69. The predicted octanol–water partition coefficient (Wildman–Crippen LogP) is 0.601. The standard InChI is InChI=1S/C20H30N4O/c1-17(20(25)22-12-10-18-7-3-2-4-8-18)23-13-15-24(16-14-23)19-9-5-6-11-21-19/h5-7,9,11,17H,2-4,8,10,12-16H2,1H3,(H,22,25)/p+2/t17-/m1/s1. The van der Waals surface area contributed by atoms with Crippen LogP contribution in [0.25, 0.3) is 0 Å². The van der Waals surface area contributed by atoms with Crippen molar-refractivity contribution in [2.45, 2.75) is 45.1 Å². The minimum Gasteiger partial charge on any atom is -0.351 e. The first-order chi connectivity index (χ1) is 12.2. The van der Waals surface area contributed by atoms with Gasteiger partial charge in [0.2, 0.25) is 0 Å². The third-order valence-corrected chi connectivity index (χ3v) is 5.58. The summed E-state index contributed by atoms with van der Waals surface area (Å²) in [6.45, 7) is 6.83. The van der Waals surface area contributed by atoms with Gasteiger partial charge in [0.1, 0.15) is 26.2 Å². The number of quaternary nitrogens is 1. The largest absolute Gasteiger partial charge is 0.351 e. The molecule has 0 spiro atoms. The Labute approximate surface area is 151 Å². The molecular formula is C20H32N4O+2. The molecule has 0 radical (unpaired) electrons. The Morgan fingerprint density at radius 1 is 1.32 bits per heavy atom. The lowest BCUT2D eigenvalue weighted by atomic mass is 9.97. The normalized spacial score (nSPS) is 20.0. The number of rotatable bonds is 6. The van der Waals surface area contributed by atoms with Crippen molar-refractivity contribution >= 4 is 11.7 Å². The van der Waals surface area contributed by atoms with Crippen LogP contribution in [0, 0.1) is 0 Å². The summed E-state index contributed by atoms with van der Waals surface area (Å²) in [6.07, 6.45) is 10.4. The summed E-state index contributed by atoms with van der Waals surface area (Å²) in [6, 6.07) is 6.20. The number of carbonyl (C=O) groups is 1. The van der Waals surface area contributed by atoms with Crippen LogP contribution in [0.4, 0.5) is 5.82 Å². The molecule has 136 valence electrons. The van der Waals surface area contributed by atoms with Crippen LogP contribution in [0.1, 0.15) is 39.0 Å². The fourth-order valence-electron chi connectivity index (χ4n) is 3.86. The molecule has 1 aromatic rings. The van der Waals surface area contributed by atoms with Crippen LogP contribution >= 0.6 is 0 Å². The molecular weight excluding hydrogens is 312 g/mol.